The average molecular weight is 476 g/mol. The Hall–Kier alpha value is -4.04. The summed E-state index contributed by atoms with van der Waals surface area (Å²) in [5, 5.41) is 3.03. The van der Waals surface area contributed by atoms with Crippen LogP contribution in [0.5, 0.6) is 0 Å². The molecule has 4 rings (SSSR count). The van der Waals surface area contributed by atoms with Gasteiger partial charge in [0.2, 0.25) is 5.91 Å². The zero-order valence-electron chi connectivity index (χ0n) is 18.1. The van der Waals surface area contributed by atoms with Crippen molar-refractivity contribution in [1.29, 1.82) is 0 Å². The second-order valence-corrected chi connectivity index (χ2v) is 9.28. The van der Waals surface area contributed by atoms with Gasteiger partial charge in [-0.25, -0.2) is 12.8 Å². The molecule has 0 saturated heterocycles. The highest BCUT2D eigenvalue weighted by molar-refractivity contribution is 7.92. The number of nitrogens with one attached hydrogen (secondary N) is 2. The van der Waals surface area contributed by atoms with Crippen LogP contribution in [0, 0.1) is 5.82 Å². The van der Waals surface area contributed by atoms with Gasteiger partial charge in [-0.15, -0.1) is 0 Å². The fourth-order valence-corrected chi connectivity index (χ4v) is 4.49. The number of pyridine rings is 1. The van der Waals surface area contributed by atoms with Crippen molar-refractivity contribution in [2.45, 2.75) is 17.4 Å². The molecule has 3 aromatic carbocycles. The molecule has 1 heterocycles. The summed E-state index contributed by atoms with van der Waals surface area (Å²) in [6.07, 6.45) is 1.80. The molecule has 0 bridgehead atoms. The van der Waals surface area contributed by atoms with E-state index in [0.29, 0.717) is 5.69 Å². The minimum Gasteiger partial charge on any atom is -0.343 e. The largest absolute Gasteiger partial charge is 0.343 e. The normalized spacial score (nSPS) is 12.0. The summed E-state index contributed by atoms with van der Waals surface area (Å²) in [5.74, 6) is -0.710. The Morgan fingerprint density at radius 1 is 0.853 bits per heavy atom. The maximum atomic E-state index is 13.1. The SMILES string of the molecule is O=C(Cc1ccc(NS(=O)(=O)c2ccc(F)cc2)cc1)N[C@H](c1ccccc1)c1ccccn1. The van der Waals surface area contributed by atoms with E-state index >= 15 is 0 Å². The van der Waals surface area contributed by atoms with Gasteiger partial charge in [-0.1, -0.05) is 48.5 Å². The zero-order chi connectivity index (χ0) is 24.0. The fraction of sp³-hybridized carbons (Fsp3) is 0.0769. The van der Waals surface area contributed by atoms with Gasteiger partial charge < -0.3 is 5.32 Å². The summed E-state index contributed by atoms with van der Waals surface area (Å²) in [6, 6.07) is 25.8. The van der Waals surface area contributed by atoms with E-state index in [0.717, 1.165) is 29.0 Å². The molecule has 0 unspecified atom stereocenters. The van der Waals surface area contributed by atoms with Crippen LogP contribution in [0.2, 0.25) is 0 Å². The monoisotopic (exact) mass is 475 g/mol. The quantitative estimate of drug-likeness (QED) is 0.394. The second kappa shape index (κ2) is 10.3. The molecule has 4 aromatic rings. The lowest BCUT2D eigenvalue weighted by molar-refractivity contribution is -0.121. The Bertz CT molecular complexity index is 1310. The minimum atomic E-state index is -3.85. The van der Waals surface area contributed by atoms with Crippen LogP contribution in [0.1, 0.15) is 22.9 Å². The first-order valence-electron chi connectivity index (χ1n) is 10.5. The molecule has 2 N–H and O–H groups in total. The highest BCUT2D eigenvalue weighted by atomic mass is 32.2. The number of hydrogen-bond donors (Lipinski definition) is 2. The van der Waals surface area contributed by atoms with Gasteiger partial charge in [0.1, 0.15) is 5.82 Å². The van der Waals surface area contributed by atoms with Crippen LogP contribution in [0.3, 0.4) is 0 Å². The number of carbonyl (C=O) groups excluding carboxylic acids is 1. The molecule has 0 saturated carbocycles. The molecule has 1 amide bonds. The Balaban J connectivity index is 1.43. The van der Waals surface area contributed by atoms with Gasteiger partial charge >= 0.3 is 0 Å². The molecular formula is C26H22FN3O3S. The Labute approximate surface area is 197 Å². The van der Waals surface area contributed by atoms with Crippen molar-refractivity contribution in [3.05, 3.63) is 126 Å². The van der Waals surface area contributed by atoms with Gasteiger partial charge in [0.05, 0.1) is 23.1 Å². The van der Waals surface area contributed by atoms with Crippen LogP contribution >= 0.6 is 0 Å². The molecule has 1 atom stereocenters. The van der Waals surface area contributed by atoms with Crippen LogP contribution in [-0.2, 0) is 21.2 Å². The predicted octanol–water partition coefficient (Wildman–Crippen LogP) is 4.47. The number of rotatable bonds is 8. The van der Waals surface area contributed by atoms with E-state index in [1.165, 1.54) is 12.1 Å². The van der Waals surface area contributed by atoms with E-state index in [9.17, 15) is 17.6 Å². The molecule has 172 valence electrons. The number of hydrogen-bond acceptors (Lipinski definition) is 4. The van der Waals surface area contributed by atoms with Crippen molar-refractivity contribution in [2.75, 3.05) is 4.72 Å². The van der Waals surface area contributed by atoms with Crippen molar-refractivity contribution in [2.24, 2.45) is 0 Å². The molecule has 0 aliphatic rings. The standard InChI is InChI=1S/C26H22FN3O3S/c27-21-11-15-23(16-12-21)34(32,33)30-22-13-9-19(10-14-22)18-25(31)29-26(20-6-2-1-3-7-20)24-8-4-5-17-28-24/h1-17,26,30H,18H2,(H,29,31)/t26-/m1/s1. The fourth-order valence-electron chi connectivity index (χ4n) is 3.44. The second-order valence-electron chi connectivity index (χ2n) is 7.60. The van der Waals surface area contributed by atoms with Crippen LogP contribution in [0.15, 0.2) is 108 Å². The van der Waals surface area contributed by atoms with Crippen molar-refractivity contribution in [1.82, 2.24) is 10.3 Å². The molecule has 34 heavy (non-hydrogen) atoms. The number of sulfonamides is 1. The van der Waals surface area contributed by atoms with E-state index in [4.69, 9.17) is 0 Å². The molecule has 0 aliphatic heterocycles. The Morgan fingerprint density at radius 2 is 1.53 bits per heavy atom. The summed E-state index contributed by atoms with van der Waals surface area (Å²) < 4.78 is 40.4. The first-order valence-corrected chi connectivity index (χ1v) is 12.0. The third-order valence-corrected chi connectivity index (χ3v) is 6.51. The van der Waals surface area contributed by atoms with Crippen LogP contribution in [0.4, 0.5) is 10.1 Å². The highest BCUT2D eigenvalue weighted by Crippen LogP contribution is 2.21. The number of carbonyl (C=O) groups is 1. The van der Waals surface area contributed by atoms with Gasteiger partial charge in [0.25, 0.3) is 10.0 Å². The van der Waals surface area contributed by atoms with Crippen LogP contribution in [-0.4, -0.2) is 19.3 Å². The number of halogens is 1. The summed E-state index contributed by atoms with van der Waals surface area (Å²) in [6.45, 7) is 0. The van der Waals surface area contributed by atoms with Crippen molar-refractivity contribution in [3.8, 4) is 0 Å². The summed E-state index contributed by atoms with van der Waals surface area (Å²) in [7, 11) is -3.85. The highest BCUT2D eigenvalue weighted by Gasteiger charge is 2.18. The average Bonchev–Trinajstić information content (AvgIpc) is 2.85. The van der Waals surface area contributed by atoms with Gasteiger partial charge in [0.15, 0.2) is 0 Å². The van der Waals surface area contributed by atoms with Crippen molar-refractivity contribution < 1.29 is 17.6 Å². The van der Waals surface area contributed by atoms with Gasteiger partial charge in [0, 0.05) is 11.9 Å². The van der Waals surface area contributed by atoms with E-state index in [1.54, 1.807) is 30.5 Å². The maximum Gasteiger partial charge on any atom is 0.261 e. The molecule has 0 fully saturated rings. The van der Waals surface area contributed by atoms with E-state index in [1.807, 2.05) is 48.5 Å². The molecule has 8 heteroatoms. The summed E-state index contributed by atoms with van der Waals surface area (Å²) in [5.41, 5.74) is 2.70. The van der Waals surface area contributed by atoms with Crippen molar-refractivity contribution in [3.63, 3.8) is 0 Å². The Kier molecular flexibility index (Phi) is 6.98. The number of amides is 1. The van der Waals surface area contributed by atoms with Gasteiger partial charge in [-0.3, -0.25) is 14.5 Å². The minimum absolute atomic E-state index is 0.0428. The number of anilines is 1. The Morgan fingerprint density at radius 3 is 2.18 bits per heavy atom. The third kappa shape index (κ3) is 5.85. The number of nitrogens with zero attached hydrogens (tertiary/aromatic N) is 1. The zero-order valence-corrected chi connectivity index (χ0v) is 18.9. The lowest BCUT2D eigenvalue weighted by Gasteiger charge is -2.19. The van der Waals surface area contributed by atoms with Gasteiger partial charge in [-0.05, 0) is 59.7 Å². The summed E-state index contributed by atoms with van der Waals surface area (Å²) in [4.78, 5) is 17.2. The molecule has 1 aromatic heterocycles. The first-order chi connectivity index (χ1) is 16.4. The topological polar surface area (TPSA) is 88.2 Å². The van der Waals surface area contributed by atoms with E-state index in [2.05, 4.69) is 15.0 Å². The maximum absolute atomic E-state index is 13.1. The van der Waals surface area contributed by atoms with Crippen LogP contribution in [0.25, 0.3) is 0 Å². The van der Waals surface area contributed by atoms with E-state index in [-0.39, 0.29) is 17.2 Å². The third-order valence-electron chi connectivity index (χ3n) is 5.12. The summed E-state index contributed by atoms with van der Waals surface area (Å²) >= 11 is 0. The van der Waals surface area contributed by atoms with Crippen LogP contribution < -0.4 is 10.0 Å². The first kappa shape index (κ1) is 23.1. The molecule has 0 radical (unpaired) electrons. The lowest BCUT2D eigenvalue weighted by Crippen LogP contribution is -2.31. The number of benzene rings is 3. The molecule has 0 aliphatic carbocycles. The predicted molar refractivity (Wildman–Crippen MR) is 128 cm³/mol. The molecule has 0 spiro atoms. The lowest BCUT2D eigenvalue weighted by atomic mass is 10.0. The smallest absolute Gasteiger partial charge is 0.261 e. The van der Waals surface area contributed by atoms with Gasteiger partial charge in [-0.2, -0.15) is 0 Å². The number of aromatic nitrogens is 1. The molecule has 6 nitrogen and oxygen atoms in total. The van der Waals surface area contributed by atoms with Crippen molar-refractivity contribution >= 4 is 21.6 Å². The van der Waals surface area contributed by atoms with E-state index < -0.39 is 21.9 Å². The molecular weight excluding hydrogens is 453 g/mol.